The van der Waals surface area contributed by atoms with Crippen LogP contribution in [0, 0.1) is 0 Å². The van der Waals surface area contributed by atoms with E-state index >= 15 is 0 Å². The fourth-order valence-corrected chi connectivity index (χ4v) is 3.54. The summed E-state index contributed by atoms with van der Waals surface area (Å²) in [5.41, 5.74) is -1.70. The summed E-state index contributed by atoms with van der Waals surface area (Å²) in [5.74, 6) is -5.84. The largest absolute Gasteiger partial charge is 0.508 e. The minimum atomic E-state index is -2.47. The molecule has 0 saturated heterocycles. The fraction of sp³-hybridized carbons (Fsp3) is 0.182. The van der Waals surface area contributed by atoms with Crippen LogP contribution in [0.2, 0.25) is 0 Å². The van der Waals surface area contributed by atoms with Gasteiger partial charge in [-0.15, -0.1) is 0 Å². The first-order valence-electron chi connectivity index (χ1n) is 9.66. The number of aliphatic carboxylic acids is 2. The van der Waals surface area contributed by atoms with Gasteiger partial charge in [-0.1, -0.05) is 24.3 Å². The van der Waals surface area contributed by atoms with E-state index in [2.05, 4.69) is 5.32 Å². The number of hydrogen-bond donors (Lipinski definition) is 8. The highest BCUT2D eigenvalue weighted by Gasteiger charge is 2.47. The minimum absolute atomic E-state index is 0.0385. The molecular weight excluding hydrogens is 436 g/mol. The van der Waals surface area contributed by atoms with Crippen LogP contribution in [0.5, 0.6) is 29.0 Å². The van der Waals surface area contributed by atoms with E-state index in [1.54, 1.807) is 0 Å². The van der Waals surface area contributed by atoms with E-state index in [0.29, 0.717) is 15.7 Å². The second kappa shape index (κ2) is 9.01. The molecule has 0 spiro atoms. The molecule has 11 heteroatoms. The van der Waals surface area contributed by atoms with Crippen molar-refractivity contribution in [3.63, 3.8) is 0 Å². The average Bonchev–Trinajstić information content (AvgIpc) is 3.01. The quantitative estimate of drug-likeness (QED) is 0.232. The zero-order valence-corrected chi connectivity index (χ0v) is 17.1. The molecule has 0 amide bonds. The van der Waals surface area contributed by atoms with Crippen molar-refractivity contribution in [2.75, 3.05) is 0 Å². The van der Waals surface area contributed by atoms with Crippen LogP contribution < -0.4 is 5.32 Å². The van der Waals surface area contributed by atoms with Crippen LogP contribution in [0.1, 0.15) is 11.1 Å². The van der Waals surface area contributed by atoms with Gasteiger partial charge in [-0.25, -0.2) is 9.36 Å². The zero-order chi connectivity index (χ0) is 24.3. The summed E-state index contributed by atoms with van der Waals surface area (Å²) >= 11 is 0. The molecule has 174 valence electrons. The van der Waals surface area contributed by atoms with Gasteiger partial charge >= 0.3 is 11.9 Å². The number of carbonyl (C=O) groups is 2. The maximum absolute atomic E-state index is 12.6. The predicted octanol–water partition coefficient (Wildman–Crippen LogP) is 1.28. The van der Waals surface area contributed by atoms with E-state index in [4.69, 9.17) is 0 Å². The summed E-state index contributed by atoms with van der Waals surface area (Å²) in [6.45, 7) is 0. The van der Waals surface area contributed by atoms with Gasteiger partial charge in [0.15, 0.2) is 11.6 Å². The fourth-order valence-electron chi connectivity index (χ4n) is 3.54. The summed E-state index contributed by atoms with van der Waals surface area (Å²) in [7, 11) is 0. The van der Waals surface area contributed by atoms with Gasteiger partial charge < -0.3 is 35.7 Å². The Kier molecular flexibility index (Phi) is 6.35. The van der Waals surface area contributed by atoms with Gasteiger partial charge in [-0.2, -0.15) is 0 Å². The lowest BCUT2D eigenvalue weighted by molar-refractivity contribution is -0.153. The topological polar surface area (TPSA) is 193 Å². The standard InChI is InChI=1S/C22H22N2O9/c25-14-5-1-12(2-6-14)9-16(20(30)31)23-22(21(32)33,11-13-3-7-15(26)8-4-13)24-18(28)10-17(27)19(24)29/h1-8,10,16,23,25-29H,9,11H2,(H,30,31)(H,32,33)/t16-,22+/m0/s1. The Labute approximate surface area is 187 Å². The molecule has 11 nitrogen and oxygen atoms in total. The Bertz CT molecular complexity index is 1160. The maximum atomic E-state index is 12.6. The summed E-state index contributed by atoms with van der Waals surface area (Å²) in [4.78, 5) is 24.7. The van der Waals surface area contributed by atoms with Crippen LogP contribution in [0.15, 0.2) is 54.6 Å². The first kappa shape index (κ1) is 23.3. The van der Waals surface area contributed by atoms with Gasteiger partial charge in [-0.3, -0.25) is 10.1 Å². The molecule has 0 radical (unpaired) electrons. The first-order chi connectivity index (χ1) is 15.5. The van der Waals surface area contributed by atoms with Crippen LogP contribution in [0.4, 0.5) is 0 Å². The Hall–Kier alpha value is -4.38. The number of aromatic hydroxyl groups is 5. The summed E-state index contributed by atoms with van der Waals surface area (Å²) in [6, 6.07) is 10.2. The van der Waals surface area contributed by atoms with Crippen molar-refractivity contribution in [1.82, 2.24) is 9.88 Å². The smallest absolute Gasteiger partial charge is 0.345 e. The third-order valence-electron chi connectivity index (χ3n) is 5.15. The van der Waals surface area contributed by atoms with Crippen LogP contribution in [-0.2, 0) is 28.1 Å². The van der Waals surface area contributed by atoms with Crippen molar-refractivity contribution in [3.05, 3.63) is 65.7 Å². The molecule has 1 aromatic heterocycles. The Morgan fingerprint density at radius 3 is 1.79 bits per heavy atom. The van der Waals surface area contributed by atoms with Gasteiger partial charge in [0.1, 0.15) is 17.5 Å². The van der Waals surface area contributed by atoms with Gasteiger partial charge in [0, 0.05) is 12.5 Å². The molecule has 0 aliphatic carbocycles. The van der Waals surface area contributed by atoms with Crippen LogP contribution >= 0.6 is 0 Å². The highest BCUT2D eigenvalue weighted by molar-refractivity contribution is 5.80. The van der Waals surface area contributed by atoms with E-state index in [9.17, 15) is 45.3 Å². The summed E-state index contributed by atoms with van der Waals surface area (Å²) in [5, 5.41) is 72.0. The van der Waals surface area contributed by atoms with Crippen molar-refractivity contribution >= 4 is 11.9 Å². The normalized spacial score (nSPS) is 13.8. The number of hydrogen-bond acceptors (Lipinski definition) is 8. The molecular formula is C22H22N2O9. The molecule has 0 fully saturated rings. The van der Waals surface area contributed by atoms with Crippen molar-refractivity contribution in [2.24, 2.45) is 0 Å². The second-order valence-electron chi connectivity index (χ2n) is 7.46. The average molecular weight is 458 g/mol. The zero-order valence-electron chi connectivity index (χ0n) is 17.1. The number of phenolic OH excluding ortho intramolecular Hbond substituents is 2. The van der Waals surface area contributed by atoms with E-state index in [1.165, 1.54) is 48.5 Å². The third kappa shape index (κ3) is 4.77. The molecule has 1 heterocycles. The van der Waals surface area contributed by atoms with E-state index < -0.39 is 47.6 Å². The molecule has 2 aromatic carbocycles. The molecule has 8 N–H and O–H groups in total. The van der Waals surface area contributed by atoms with E-state index in [-0.39, 0.29) is 17.9 Å². The van der Waals surface area contributed by atoms with E-state index in [1.807, 2.05) is 0 Å². The van der Waals surface area contributed by atoms with Gasteiger partial charge in [0.2, 0.25) is 11.5 Å². The first-order valence-corrected chi connectivity index (χ1v) is 9.66. The molecule has 0 saturated carbocycles. The molecule has 33 heavy (non-hydrogen) atoms. The Morgan fingerprint density at radius 2 is 1.36 bits per heavy atom. The lowest BCUT2D eigenvalue weighted by Crippen LogP contribution is -2.60. The number of carboxylic acid groups (broad SMARTS) is 2. The highest BCUT2D eigenvalue weighted by Crippen LogP contribution is 2.40. The van der Waals surface area contributed by atoms with Gasteiger partial charge in [0.25, 0.3) is 0 Å². The Balaban J connectivity index is 2.12. The van der Waals surface area contributed by atoms with Crippen LogP contribution in [-0.4, -0.2) is 58.3 Å². The molecule has 0 unspecified atom stereocenters. The predicted molar refractivity (Wildman–Crippen MR) is 113 cm³/mol. The monoisotopic (exact) mass is 458 g/mol. The highest BCUT2D eigenvalue weighted by atomic mass is 16.4. The van der Waals surface area contributed by atoms with E-state index in [0.717, 1.165) is 6.07 Å². The molecule has 3 rings (SSSR count). The van der Waals surface area contributed by atoms with Crippen LogP contribution in [0.3, 0.4) is 0 Å². The van der Waals surface area contributed by atoms with Crippen LogP contribution in [0.25, 0.3) is 0 Å². The summed E-state index contributed by atoms with van der Waals surface area (Å²) in [6.07, 6.45) is -0.702. The van der Waals surface area contributed by atoms with Crippen molar-refractivity contribution < 1.29 is 45.3 Å². The van der Waals surface area contributed by atoms with Gasteiger partial charge in [0.05, 0.1) is 0 Å². The summed E-state index contributed by atoms with van der Waals surface area (Å²) < 4.78 is 0.490. The van der Waals surface area contributed by atoms with Crippen molar-refractivity contribution in [2.45, 2.75) is 24.5 Å². The molecule has 0 bridgehead atoms. The second-order valence-corrected chi connectivity index (χ2v) is 7.46. The number of rotatable bonds is 9. The lowest BCUT2D eigenvalue weighted by atomic mass is 9.95. The molecule has 0 aliphatic heterocycles. The van der Waals surface area contributed by atoms with Gasteiger partial charge in [-0.05, 0) is 41.8 Å². The third-order valence-corrected chi connectivity index (χ3v) is 5.15. The maximum Gasteiger partial charge on any atom is 0.345 e. The minimum Gasteiger partial charge on any atom is -0.508 e. The number of benzene rings is 2. The molecule has 2 atom stereocenters. The number of aromatic nitrogens is 1. The number of nitrogens with zero attached hydrogens (tertiary/aromatic N) is 1. The molecule has 0 aliphatic rings. The molecule has 3 aromatic rings. The Morgan fingerprint density at radius 1 is 0.848 bits per heavy atom. The van der Waals surface area contributed by atoms with Crippen molar-refractivity contribution in [1.29, 1.82) is 0 Å². The lowest BCUT2D eigenvalue weighted by Gasteiger charge is -2.35. The number of nitrogens with one attached hydrogen (secondary N) is 1. The SMILES string of the molecule is O=C(O)[C@H](Cc1ccc(O)cc1)N[C@@](Cc1ccc(O)cc1)(C(=O)O)n1c(O)cc(O)c1O. The van der Waals surface area contributed by atoms with Crippen molar-refractivity contribution in [3.8, 4) is 29.0 Å². The number of phenols is 2. The number of carboxylic acids is 2.